The minimum absolute atomic E-state index is 0.0395. The molecule has 1 unspecified atom stereocenters. The molecule has 4 rings (SSSR count). The fraction of sp³-hybridized carbons (Fsp3) is 0.240. The van der Waals surface area contributed by atoms with Crippen LogP contribution in [0.25, 0.3) is 11.0 Å². The zero-order valence-corrected chi connectivity index (χ0v) is 19.3. The number of hydrogen-bond donors (Lipinski definition) is 1. The van der Waals surface area contributed by atoms with Crippen LogP contribution in [0.5, 0.6) is 0 Å². The van der Waals surface area contributed by atoms with Crippen LogP contribution in [-0.2, 0) is 17.8 Å². The number of aromatic nitrogens is 3. The van der Waals surface area contributed by atoms with E-state index in [1.807, 2.05) is 48.5 Å². The van der Waals surface area contributed by atoms with Crippen molar-refractivity contribution in [2.45, 2.75) is 38.8 Å². The lowest BCUT2D eigenvalue weighted by Crippen LogP contribution is -2.33. The van der Waals surface area contributed by atoms with E-state index in [-0.39, 0.29) is 11.9 Å². The minimum Gasteiger partial charge on any atom is -0.350 e. The van der Waals surface area contributed by atoms with Crippen LogP contribution in [-0.4, -0.2) is 20.4 Å². The van der Waals surface area contributed by atoms with Crippen molar-refractivity contribution in [1.82, 2.24) is 19.9 Å². The third kappa shape index (κ3) is 4.95. The van der Waals surface area contributed by atoms with Crippen molar-refractivity contribution in [1.29, 1.82) is 0 Å². The second-order valence-electron chi connectivity index (χ2n) is 7.68. The fourth-order valence-corrected chi connectivity index (χ4v) is 4.34. The summed E-state index contributed by atoms with van der Waals surface area (Å²) in [5.74, 6) is 0.757. The van der Waals surface area contributed by atoms with Gasteiger partial charge in [0.05, 0.1) is 11.0 Å². The second-order valence-corrected chi connectivity index (χ2v) is 8.53. The van der Waals surface area contributed by atoms with Gasteiger partial charge in [0.25, 0.3) is 0 Å². The lowest BCUT2D eigenvalue weighted by atomic mass is 10.1. The van der Waals surface area contributed by atoms with Crippen molar-refractivity contribution in [2.24, 2.45) is 0 Å². The molecule has 0 spiro atoms. The molecule has 1 N–H and O–H groups in total. The van der Waals surface area contributed by atoms with Gasteiger partial charge >= 0.3 is 0 Å². The van der Waals surface area contributed by atoms with Crippen molar-refractivity contribution >= 4 is 40.1 Å². The molecule has 0 aliphatic carbocycles. The summed E-state index contributed by atoms with van der Waals surface area (Å²) in [5.41, 5.74) is 3.66. The SMILES string of the molecule is CCCC(C(=O)NCc1cccnc1)n1c(Cc2ccc(Cl)cc2Cl)nc2ccccc21. The Labute approximate surface area is 197 Å². The van der Waals surface area contributed by atoms with Gasteiger partial charge in [-0.2, -0.15) is 0 Å². The molecule has 32 heavy (non-hydrogen) atoms. The number of halogens is 2. The highest BCUT2D eigenvalue weighted by atomic mass is 35.5. The summed E-state index contributed by atoms with van der Waals surface area (Å²) in [5, 5.41) is 4.25. The highest BCUT2D eigenvalue weighted by Crippen LogP contribution is 2.29. The first-order valence-corrected chi connectivity index (χ1v) is 11.4. The molecule has 0 saturated carbocycles. The third-order valence-electron chi connectivity index (χ3n) is 5.40. The van der Waals surface area contributed by atoms with Crippen LogP contribution in [0.3, 0.4) is 0 Å². The summed E-state index contributed by atoms with van der Waals surface area (Å²) < 4.78 is 2.06. The van der Waals surface area contributed by atoms with Gasteiger partial charge in [0.1, 0.15) is 11.9 Å². The van der Waals surface area contributed by atoms with Crippen molar-refractivity contribution in [3.05, 3.63) is 94.0 Å². The van der Waals surface area contributed by atoms with Gasteiger partial charge in [-0.1, -0.05) is 60.8 Å². The topological polar surface area (TPSA) is 59.8 Å². The number of para-hydroxylation sites is 2. The number of carbonyl (C=O) groups is 1. The molecule has 0 saturated heterocycles. The summed E-state index contributed by atoms with van der Waals surface area (Å²) in [6, 6.07) is 16.8. The van der Waals surface area contributed by atoms with E-state index in [2.05, 4.69) is 21.8 Å². The van der Waals surface area contributed by atoms with E-state index in [1.54, 1.807) is 18.5 Å². The van der Waals surface area contributed by atoms with Crippen LogP contribution in [0.15, 0.2) is 67.0 Å². The molecular weight excluding hydrogens is 443 g/mol. The molecule has 1 atom stereocenters. The van der Waals surface area contributed by atoms with Crippen LogP contribution in [0.2, 0.25) is 10.0 Å². The monoisotopic (exact) mass is 466 g/mol. The van der Waals surface area contributed by atoms with Gasteiger partial charge in [-0.25, -0.2) is 4.98 Å². The molecule has 1 amide bonds. The van der Waals surface area contributed by atoms with Gasteiger partial charge in [-0.3, -0.25) is 9.78 Å². The van der Waals surface area contributed by atoms with Crippen LogP contribution < -0.4 is 5.32 Å². The quantitative estimate of drug-likeness (QED) is 0.347. The first kappa shape index (κ1) is 22.3. The van der Waals surface area contributed by atoms with E-state index in [1.165, 1.54) is 0 Å². The molecule has 0 fully saturated rings. The maximum atomic E-state index is 13.3. The van der Waals surface area contributed by atoms with Crippen molar-refractivity contribution in [3.63, 3.8) is 0 Å². The van der Waals surface area contributed by atoms with Gasteiger partial charge in [-0.05, 0) is 47.9 Å². The van der Waals surface area contributed by atoms with Crippen LogP contribution in [0, 0.1) is 0 Å². The van der Waals surface area contributed by atoms with E-state index in [4.69, 9.17) is 28.2 Å². The van der Waals surface area contributed by atoms with E-state index in [0.717, 1.165) is 34.4 Å². The number of pyridine rings is 1. The molecule has 164 valence electrons. The number of rotatable bonds is 8. The van der Waals surface area contributed by atoms with Crippen LogP contribution >= 0.6 is 23.2 Å². The molecule has 2 aromatic carbocycles. The highest BCUT2D eigenvalue weighted by molar-refractivity contribution is 6.35. The molecule has 2 heterocycles. The number of carbonyl (C=O) groups excluding carboxylic acids is 1. The first-order valence-electron chi connectivity index (χ1n) is 10.6. The van der Waals surface area contributed by atoms with Gasteiger partial charge < -0.3 is 9.88 Å². The van der Waals surface area contributed by atoms with E-state index >= 15 is 0 Å². The Morgan fingerprint density at radius 1 is 1.12 bits per heavy atom. The number of imidazole rings is 1. The summed E-state index contributed by atoms with van der Waals surface area (Å²) in [6.07, 6.45) is 5.53. The Morgan fingerprint density at radius 2 is 1.97 bits per heavy atom. The standard InChI is InChI=1S/C25H24Cl2N4O/c1-2-6-23(25(32)29-16-17-7-5-12-28-15-17)31-22-9-4-3-8-21(22)30-24(31)13-18-10-11-19(26)14-20(18)27/h3-5,7-12,14-15,23H,2,6,13,16H2,1H3,(H,29,32). The van der Waals surface area contributed by atoms with Gasteiger partial charge in [0, 0.05) is 35.4 Å². The summed E-state index contributed by atoms with van der Waals surface area (Å²) >= 11 is 12.5. The second kappa shape index (κ2) is 10.2. The number of amides is 1. The highest BCUT2D eigenvalue weighted by Gasteiger charge is 2.25. The number of nitrogens with zero attached hydrogens (tertiary/aromatic N) is 3. The van der Waals surface area contributed by atoms with Gasteiger partial charge in [-0.15, -0.1) is 0 Å². The molecule has 5 nitrogen and oxygen atoms in total. The molecule has 0 radical (unpaired) electrons. The molecule has 0 bridgehead atoms. The minimum atomic E-state index is -0.384. The van der Waals surface area contributed by atoms with Crippen molar-refractivity contribution < 1.29 is 4.79 Å². The Balaban J connectivity index is 1.70. The normalized spacial score (nSPS) is 12.1. The molecular formula is C25H24Cl2N4O. The van der Waals surface area contributed by atoms with Crippen LogP contribution in [0.1, 0.15) is 42.8 Å². The largest absolute Gasteiger partial charge is 0.350 e. The average molecular weight is 467 g/mol. The Hall–Kier alpha value is -2.89. The van der Waals surface area contributed by atoms with Crippen molar-refractivity contribution in [2.75, 3.05) is 0 Å². The van der Waals surface area contributed by atoms with Crippen molar-refractivity contribution in [3.8, 4) is 0 Å². The van der Waals surface area contributed by atoms with E-state index in [0.29, 0.717) is 29.4 Å². The summed E-state index contributed by atoms with van der Waals surface area (Å²) in [6.45, 7) is 2.51. The number of benzene rings is 2. The lowest BCUT2D eigenvalue weighted by molar-refractivity contribution is -0.124. The average Bonchev–Trinajstić information content (AvgIpc) is 3.16. The predicted molar refractivity (Wildman–Crippen MR) is 129 cm³/mol. The number of nitrogens with one attached hydrogen (secondary N) is 1. The molecule has 7 heteroatoms. The summed E-state index contributed by atoms with van der Waals surface area (Å²) in [4.78, 5) is 22.3. The Kier molecular flexibility index (Phi) is 7.08. The Bertz CT molecular complexity index is 1220. The van der Waals surface area contributed by atoms with Gasteiger partial charge in [0.2, 0.25) is 5.91 Å². The predicted octanol–water partition coefficient (Wildman–Crippen LogP) is 5.99. The third-order valence-corrected chi connectivity index (χ3v) is 5.99. The zero-order valence-electron chi connectivity index (χ0n) is 17.8. The zero-order chi connectivity index (χ0) is 22.5. The number of hydrogen-bond acceptors (Lipinski definition) is 3. The smallest absolute Gasteiger partial charge is 0.243 e. The maximum absolute atomic E-state index is 13.3. The Morgan fingerprint density at radius 3 is 2.72 bits per heavy atom. The molecule has 4 aromatic rings. The lowest BCUT2D eigenvalue weighted by Gasteiger charge is -2.21. The molecule has 2 aromatic heterocycles. The summed E-state index contributed by atoms with van der Waals surface area (Å²) in [7, 11) is 0. The van der Waals surface area contributed by atoms with Crippen LogP contribution in [0.4, 0.5) is 0 Å². The fourth-order valence-electron chi connectivity index (χ4n) is 3.86. The van der Waals surface area contributed by atoms with E-state index in [9.17, 15) is 4.79 Å². The molecule has 0 aliphatic rings. The maximum Gasteiger partial charge on any atom is 0.243 e. The van der Waals surface area contributed by atoms with Gasteiger partial charge in [0.15, 0.2) is 0 Å². The van der Waals surface area contributed by atoms with E-state index < -0.39 is 0 Å². The molecule has 0 aliphatic heterocycles. The first-order chi connectivity index (χ1) is 15.6. The number of fused-ring (bicyclic) bond motifs is 1.